The zero-order chi connectivity index (χ0) is 17.2. The molecule has 0 spiro atoms. The lowest BCUT2D eigenvalue weighted by Gasteiger charge is -2.26. The molecular weight excluding hydrogens is 316 g/mol. The maximum atomic E-state index is 12.7. The Labute approximate surface area is 146 Å². The monoisotopic (exact) mass is 336 g/mol. The first-order chi connectivity index (χ1) is 12.2. The summed E-state index contributed by atoms with van der Waals surface area (Å²) in [6.45, 7) is 1.31. The van der Waals surface area contributed by atoms with Crippen LogP contribution in [0.2, 0.25) is 0 Å². The van der Waals surface area contributed by atoms with Crippen molar-refractivity contribution in [2.45, 2.75) is 25.3 Å². The maximum Gasteiger partial charge on any atom is 0.251 e. The smallest absolute Gasteiger partial charge is 0.251 e. The summed E-state index contributed by atoms with van der Waals surface area (Å²) in [4.78, 5) is 26.4. The Morgan fingerprint density at radius 3 is 2.88 bits per heavy atom. The van der Waals surface area contributed by atoms with Crippen LogP contribution in [-0.2, 0) is 4.79 Å². The number of para-hydroxylation sites is 1. The molecule has 0 unspecified atom stereocenters. The van der Waals surface area contributed by atoms with Crippen LogP contribution in [0, 0.1) is 0 Å². The molecule has 2 aliphatic heterocycles. The highest BCUT2D eigenvalue weighted by Gasteiger charge is 2.25. The quantitative estimate of drug-likeness (QED) is 0.937. The zero-order valence-corrected chi connectivity index (χ0v) is 13.9. The van der Waals surface area contributed by atoms with Crippen LogP contribution < -0.4 is 15.0 Å². The minimum Gasteiger partial charge on any atom is -0.493 e. The van der Waals surface area contributed by atoms with E-state index in [1.54, 1.807) is 17.0 Å². The third-order valence-corrected chi connectivity index (χ3v) is 4.76. The molecular formula is C20H20N2O3. The van der Waals surface area contributed by atoms with Gasteiger partial charge in [0.05, 0.1) is 12.6 Å². The Morgan fingerprint density at radius 2 is 2.04 bits per heavy atom. The van der Waals surface area contributed by atoms with Gasteiger partial charge in [0.25, 0.3) is 5.91 Å². The van der Waals surface area contributed by atoms with Gasteiger partial charge in [0, 0.05) is 36.2 Å². The Kier molecular flexibility index (Phi) is 4.14. The first-order valence-electron chi connectivity index (χ1n) is 8.65. The summed E-state index contributed by atoms with van der Waals surface area (Å²) in [6, 6.07) is 15.0. The van der Waals surface area contributed by atoms with Crippen LogP contribution in [-0.4, -0.2) is 25.0 Å². The Balaban J connectivity index is 1.53. The number of carbonyl (C=O) groups is 2. The number of benzene rings is 2. The predicted molar refractivity (Wildman–Crippen MR) is 94.8 cm³/mol. The minimum absolute atomic E-state index is 0.0606. The van der Waals surface area contributed by atoms with E-state index in [2.05, 4.69) is 5.32 Å². The van der Waals surface area contributed by atoms with Crippen molar-refractivity contribution in [3.8, 4) is 5.75 Å². The number of hydrogen-bond acceptors (Lipinski definition) is 3. The molecule has 1 N–H and O–H groups in total. The molecule has 2 aromatic carbocycles. The topological polar surface area (TPSA) is 58.6 Å². The zero-order valence-electron chi connectivity index (χ0n) is 13.9. The van der Waals surface area contributed by atoms with E-state index >= 15 is 0 Å². The van der Waals surface area contributed by atoms with E-state index in [1.165, 1.54) is 0 Å². The van der Waals surface area contributed by atoms with E-state index in [4.69, 9.17) is 4.74 Å². The van der Waals surface area contributed by atoms with Crippen molar-refractivity contribution in [3.05, 3.63) is 59.7 Å². The van der Waals surface area contributed by atoms with Gasteiger partial charge in [-0.1, -0.05) is 24.3 Å². The van der Waals surface area contributed by atoms with Gasteiger partial charge in [0.15, 0.2) is 0 Å². The summed E-state index contributed by atoms with van der Waals surface area (Å²) in [6.07, 6.45) is 2.19. The van der Waals surface area contributed by atoms with Gasteiger partial charge in [0.1, 0.15) is 5.75 Å². The van der Waals surface area contributed by atoms with Crippen LogP contribution in [0.5, 0.6) is 5.75 Å². The second-order valence-corrected chi connectivity index (χ2v) is 6.40. The van der Waals surface area contributed by atoms with Crippen molar-refractivity contribution in [2.75, 3.05) is 18.1 Å². The molecule has 2 heterocycles. The number of amides is 2. The van der Waals surface area contributed by atoms with E-state index in [1.807, 2.05) is 36.4 Å². The van der Waals surface area contributed by atoms with Crippen LogP contribution in [0.1, 0.15) is 41.2 Å². The molecule has 0 saturated carbocycles. The summed E-state index contributed by atoms with van der Waals surface area (Å²) in [5.74, 6) is 0.821. The first kappa shape index (κ1) is 15.7. The molecule has 2 amide bonds. The summed E-state index contributed by atoms with van der Waals surface area (Å²) >= 11 is 0. The molecule has 1 fully saturated rings. The standard InChI is InChI=1S/C20H20N2O3/c23-19-9-4-11-22(19)15-6-3-5-14(13-15)20(24)21-17-10-12-25-18-8-2-1-7-16(17)18/h1-3,5-8,13,17H,4,9-12H2,(H,21,24)/t17-/m0/s1. The second kappa shape index (κ2) is 6.59. The molecule has 4 rings (SSSR count). The van der Waals surface area contributed by atoms with Crippen molar-refractivity contribution >= 4 is 17.5 Å². The fourth-order valence-electron chi connectivity index (χ4n) is 3.47. The Bertz CT molecular complexity index is 818. The van der Waals surface area contributed by atoms with E-state index in [-0.39, 0.29) is 17.9 Å². The normalized spacial score (nSPS) is 19.3. The second-order valence-electron chi connectivity index (χ2n) is 6.40. The molecule has 1 atom stereocenters. The van der Waals surface area contributed by atoms with Crippen molar-refractivity contribution in [1.29, 1.82) is 0 Å². The third-order valence-electron chi connectivity index (χ3n) is 4.76. The molecule has 0 aliphatic carbocycles. The molecule has 1 saturated heterocycles. The van der Waals surface area contributed by atoms with Gasteiger partial charge in [-0.2, -0.15) is 0 Å². The van der Waals surface area contributed by atoms with E-state index < -0.39 is 0 Å². The van der Waals surface area contributed by atoms with Gasteiger partial charge in [-0.25, -0.2) is 0 Å². The highest BCUT2D eigenvalue weighted by molar-refractivity contribution is 5.99. The van der Waals surface area contributed by atoms with Crippen LogP contribution >= 0.6 is 0 Å². The Morgan fingerprint density at radius 1 is 1.16 bits per heavy atom. The number of rotatable bonds is 3. The van der Waals surface area contributed by atoms with E-state index in [0.717, 1.165) is 36.4 Å². The van der Waals surface area contributed by atoms with Gasteiger partial charge >= 0.3 is 0 Å². The van der Waals surface area contributed by atoms with E-state index in [0.29, 0.717) is 18.6 Å². The summed E-state index contributed by atoms with van der Waals surface area (Å²) < 4.78 is 5.64. The number of fused-ring (bicyclic) bond motifs is 1. The average Bonchev–Trinajstić information content (AvgIpc) is 3.08. The largest absolute Gasteiger partial charge is 0.493 e. The lowest BCUT2D eigenvalue weighted by Crippen LogP contribution is -2.32. The lowest BCUT2D eigenvalue weighted by atomic mass is 10.00. The molecule has 0 bridgehead atoms. The molecule has 25 heavy (non-hydrogen) atoms. The summed E-state index contributed by atoms with van der Waals surface area (Å²) in [5, 5.41) is 3.10. The number of ether oxygens (including phenoxy) is 1. The Hall–Kier alpha value is -2.82. The van der Waals surface area contributed by atoms with Gasteiger partial charge in [-0.15, -0.1) is 0 Å². The number of nitrogens with zero attached hydrogens (tertiary/aromatic N) is 1. The highest BCUT2D eigenvalue weighted by Crippen LogP contribution is 2.32. The lowest BCUT2D eigenvalue weighted by molar-refractivity contribution is -0.117. The van der Waals surface area contributed by atoms with Crippen molar-refractivity contribution in [3.63, 3.8) is 0 Å². The molecule has 2 aliphatic rings. The molecule has 5 nitrogen and oxygen atoms in total. The summed E-state index contributed by atoms with van der Waals surface area (Å²) in [7, 11) is 0. The van der Waals surface area contributed by atoms with Crippen molar-refractivity contribution in [1.82, 2.24) is 5.32 Å². The third kappa shape index (κ3) is 3.09. The maximum absolute atomic E-state index is 12.7. The van der Waals surface area contributed by atoms with Gasteiger partial charge in [-0.05, 0) is 30.7 Å². The van der Waals surface area contributed by atoms with Crippen LogP contribution in [0.4, 0.5) is 5.69 Å². The van der Waals surface area contributed by atoms with Crippen molar-refractivity contribution in [2.24, 2.45) is 0 Å². The average molecular weight is 336 g/mol. The number of anilines is 1. The summed E-state index contributed by atoms with van der Waals surface area (Å²) in [5.41, 5.74) is 2.37. The number of carbonyl (C=O) groups excluding carboxylic acids is 2. The van der Waals surface area contributed by atoms with Crippen LogP contribution in [0.3, 0.4) is 0 Å². The van der Waals surface area contributed by atoms with Gasteiger partial charge in [-0.3, -0.25) is 9.59 Å². The van der Waals surface area contributed by atoms with Gasteiger partial charge in [0.2, 0.25) is 5.91 Å². The van der Waals surface area contributed by atoms with Crippen LogP contribution in [0.15, 0.2) is 48.5 Å². The number of hydrogen-bond donors (Lipinski definition) is 1. The highest BCUT2D eigenvalue weighted by atomic mass is 16.5. The number of nitrogens with one attached hydrogen (secondary N) is 1. The first-order valence-corrected chi connectivity index (χ1v) is 8.65. The molecule has 0 aromatic heterocycles. The van der Waals surface area contributed by atoms with Gasteiger partial charge < -0.3 is 15.0 Å². The fraction of sp³-hybridized carbons (Fsp3) is 0.300. The molecule has 2 aromatic rings. The SMILES string of the molecule is O=C(N[C@H]1CCOc2ccccc21)c1cccc(N2CCCC2=O)c1. The minimum atomic E-state index is -0.129. The fourth-order valence-corrected chi connectivity index (χ4v) is 3.47. The van der Waals surface area contributed by atoms with E-state index in [9.17, 15) is 9.59 Å². The van der Waals surface area contributed by atoms with Crippen molar-refractivity contribution < 1.29 is 14.3 Å². The predicted octanol–water partition coefficient (Wildman–Crippen LogP) is 3.07. The molecule has 128 valence electrons. The van der Waals surface area contributed by atoms with Crippen LogP contribution in [0.25, 0.3) is 0 Å². The molecule has 5 heteroatoms. The molecule has 0 radical (unpaired) electrons.